The Balaban J connectivity index is 1.73. The van der Waals surface area contributed by atoms with Gasteiger partial charge in [0.1, 0.15) is 0 Å². The van der Waals surface area contributed by atoms with Crippen molar-refractivity contribution in [3.8, 4) is 17.5 Å². The van der Waals surface area contributed by atoms with Crippen molar-refractivity contribution in [3.63, 3.8) is 0 Å². The number of nitriles is 1. The zero-order valence-corrected chi connectivity index (χ0v) is 16.1. The SMILES string of the molecule is Cc1cc2c(C(F)(F)F)c(C#N)ccc2n1Cc1noc(-c2cncc(C(F)(F)F)c2)n1. The summed E-state index contributed by atoms with van der Waals surface area (Å²) in [5, 5.41) is 12.6. The standard InChI is InChI=1S/C20H11F6N5O/c1-10-4-14-15(3-2-11(6-27)17(14)20(24,25)26)31(10)9-16-29-18(32-30-16)12-5-13(8-28-7-12)19(21,22)23/h2-5,7-8H,9H2,1H3. The van der Waals surface area contributed by atoms with Gasteiger partial charge in [-0.25, -0.2) is 0 Å². The normalized spacial score (nSPS) is 12.3. The van der Waals surface area contributed by atoms with Gasteiger partial charge in [0.05, 0.1) is 34.9 Å². The minimum absolute atomic E-state index is 0.0379. The molecule has 4 aromatic rings. The van der Waals surface area contributed by atoms with Crippen LogP contribution in [0.25, 0.3) is 22.4 Å². The molecule has 3 heterocycles. The largest absolute Gasteiger partial charge is 0.418 e. The number of halogens is 6. The zero-order valence-electron chi connectivity index (χ0n) is 16.1. The molecule has 0 fully saturated rings. The van der Waals surface area contributed by atoms with Crippen LogP contribution in [0, 0.1) is 18.3 Å². The molecule has 0 aliphatic rings. The summed E-state index contributed by atoms with van der Waals surface area (Å²) in [5.41, 5.74) is -1.95. The van der Waals surface area contributed by atoms with Crippen LogP contribution < -0.4 is 0 Å². The molecule has 0 saturated heterocycles. The summed E-state index contributed by atoms with van der Waals surface area (Å²) < 4.78 is 85.9. The van der Waals surface area contributed by atoms with E-state index in [-0.39, 0.29) is 34.7 Å². The molecule has 0 spiro atoms. The molecule has 164 valence electrons. The number of aryl methyl sites for hydroxylation is 1. The lowest BCUT2D eigenvalue weighted by Crippen LogP contribution is -2.09. The van der Waals surface area contributed by atoms with Gasteiger partial charge in [-0.15, -0.1) is 0 Å². The van der Waals surface area contributed by atoms with Crippen molar-refractivity contribution in [1.29, 1.82) is 5.26 Å². The number of hydrogen-bond donors (Lipinski definition) is 0. The maximum absolute atomic E-state index is 13.6. The monoisotopic (exact) mass is 451 g/mol. The van der Waals surface area contributed by atoms with E-state index in [0.717, 1.165) is 18.3 Å². The van der Waals surface area contributed by atoms with Gasteiger partial charge in [-0.3, -0.25) is 4.98 Å². The quantitative estimate of drug-likeness (QED) is 0.392. The third-order valence-electron chi connectivity index (χ3n) is 4.78. The third kappa shape index (κ3) is 3.77. The van der Waals surface area contributed by atoms with E-state index in [1.807, 2.05) is 0 Å². The Hall–Kier alpha value is -3.88. The highest BCUT2D eigenvalue weighted by molar-refractivity contribution is 5.87. The third-order valence-corrected chi connectivity index (χ3v) is 4.78. The minimum atomic E-state index is -4.74. The number of pyridine rings is 1. The summed E-state index contributed by atoms with van der Waals surface area (Å²) >= 11 is 0. The fourth-order valence-electron chi connectivity index (χ4n) is 3.36. The summed E-state index contributed by atoms with van der Waals surface area (Å²) in [4.78, 5) is 7.58. The molecule has 0 amide bonds. The van der Waals surface area contributed by atoms with Crippen LogP contribution in [0.3, 0.4) is 0 Å². The number of benzene rings is 1. The second kappa shape index (κ2) is 7.37. The van der Waals surface area contributed by atoms with E-state index in [1.54, 1.807) is 13.0 Å². The highest BCUT2D eigenvalue weighted by atomic mass is 19.4. The second-order valence-corrected chi connectivity index (χ2v) is 6.88. The zero-order chi connectivity index (χ0) is 23.3. The molecule has 0 bridgehead atoms. The lowest BCUT2D eigenvalue weighted by atomic mass is 10.0. The van der Waals surface area contributed by atoms with E-state index in [9.17, 15) is 26.3 Å². The first kappa shape index (κ1) is 21.4. The highest BCUT2D eigenvalue weighted by Crippen LogP contribution is 2.38. The lowest BCUT2D eigenvalue weighted by Gasteiger charge is -2.11. The van der Waals surface area contributed by atoms with Crippen molar-refractivity contribution in [2.24, 2.45) is 0 Å². The first-order valence-electron chi connectivity index (χ1n) is 8.94. The van der Waals surface area contributed by atoms with Crippen LogP contribution >= 0.6 is 0 Å². The van der Waals surface area contributed by atoms with Gasteiger partial charge < -0.3 is 9.09 Å². The smallest absolute Gasteiger partial charge is 0.337 e. The van der Waals surface area contributed by atoms with Crippen LogP contribution in [0.15, 0.2) is 41.2 Å². The van der Waals surface area contributed by atoms with Crippen LogP contribution in [-0.2, 0) is 18.9 Å². The molecule has 0 saturated carbocycles. The summed E-state index contributed by atoms with van der Waals surface area (Å²) in [7, 11) is 0. The van der Waals surface area contributed by atoms with Gasteiger partial charge in [0, 0.05) is 29.0 Å². The van der Waals surface area contributed by atoms with Gasteiger partial charge in [0.2, 0.25) is 0 Å². The predicted molar refractivity (Wildman–Crippen MR) is 98.0 cm³/mol. The molecule has 12 heteroatoms. The first-order valence-corrected chi connectivity index (χ1v) is 8.94. The number of hydrogen-bond acceptors (Lipinski definition) is 5. The molecule has 0 aliphatic carbocycles. The van der Waals surface area contributed by atoms with Gasteiger partial charge in [-0.1, -0.05) is 5.16 Å². The molecule has 3 aromatic heterocycles. The average Bonchev–Trinajstić information content (AvgIpc) is 3.31. The molecule has 0 unspecified atom stereocenters. The summed E-state index contributed by atoms with van der Waals surface area (Å²) in [6.07, 6.45) is -7.56. The minimum Gasteiger partial charge on any atom is -0.337 e. The average molecular weight is 451 g/mol. The topological polar surface area (TPSA) is 80.5 Å². The maximum Gasteiger partial charge on any atom is 0.418 e. The Kier molecular flexibility index (Phi) is 4.92. The van der Waals surface area contributed by atoms with Crippen LogP contribution in [0.2, 0.25) is 0 Å². The predicted octanol–water partition coefficient (Wildman–Crippen LogP) is 5.35. The number of nitrogens with zero attached hydrogens (tertiary/aromatic N) is 5. The molecular weight excluding hydrogens is 440 g/mol. The van der Waals surface area contributed by atoms with Crippen molar-refractivity contribution in [2.75, 3.05) is 0 Å². The van der Waals surface area contributed by atoms with Crippen molar-refractivity contribution < 1.29 is 30.9 Å². The van der Waals surface area contributed by atoms with E-state index in [1.165, 1.54) is 16.7 Å². The Morgan fingerprint density at radius 1 is 1.06 bits per heavy atom. The van der Waals surface area contributed by atoms with Crippen LogP contribution in [0.1, 0.15) is 28.2 Å². The molecule has 32 heavy (non-hydrogen) atoms. The molecule has 1 aromatic carbocycles. The lowest BCUT2D eigenvalue weighted by molar-refractivity contribution is -0.138. The van der Waals surface area contributed by atoms with Crippen molar-refractivity contribution in [1.82, 2.24) is 19.7 Å². The second-order valence-electron chi connectivity index (χ2n) is 6.88. The molecule has 0 radical (unpaired) electrons. The molecule has 0 aliphatic heterocycles. The van der Waals surface area contributed by atoms with Crippen LogP contribution in [0.5, 0.6) is 0 Å². The first-order chi connectivity index (χ1) is 15.0. The van der Waals surface area contributed by atoms with Gasteiger partial charge in [0.25, 0.3) is 5.89 Å². The summed E-state index contributed by atoms with van der Waals surface area (Å²) in [6, 6.07) is 6.13. The fraction of sp³-hybridized carbons (Fsp3) is 0.200. The van der Waals surface area contributed by atoms with Gasteiger partial charge in [-0.05, 0) is 31.2 Å². The Morgan fingerprint density at radius 3 is 2.47 bits per heavy atom. The molecule has 4 rings (SSSR count). The fourth-order valence-corrected chi connectivity index (χ4v) is 3.36. The summed E-state index contributed by atoms with van der Waals surface area (Å²) in [6.45, 7) is 1.47. The number of aromatic nitrogens is 4. The van der Waals surface area contributed by atoms with Gasteiger partial charge in [0.15, 0.2) is 5.82 Å². The summed E-state index contributed by atoms with van der Waals surface area (Å²) in [5.74, 6) is -0.175. The molecule has 0 N–H and O–H groups in total. The van der Waals surface area contributed by atoms with E-state index >= 15 is 0 Å². The number of rotatable bonds is 3. The molecular formula is C20H11F6N5O. The molecule has 0 atom stereocenters. The van der Waals surface area contributed by atoms with Gasteiger partial charge >= 0.3 is 12.4 Å². The maximum atomic E-state index is 13.6. The van der Waals surface area contributed by atoms with E-state index < -0.39 is 29.0 Å². The van der Waals surface area contributed by atoms with Crippen molar-refractivity contribution in [2.45, 2.75) is 25.8 Å². The molecule has 6 nitrogen and oxygen atoms in total. The van der Waals surface area contributed by atoms with Crippen LogP contribution in [-0.4, -0.2) is 19.7 Å². The van der Waals surface area contributed by atoms with E-state index in [4.69, 9.17) is 9.78 Å². The number of fused-ring (bicyclic) bond motifs is 1. The highest BCUT2D eigenvalue weighted by Gasteiger charge is 2.36. The Bertz CT molecular complexity index is 1360. The van der Waals surface area contributed by atoms with E-state index in [0.29, 0.717) is 11.9 Å². The van der Waals surface area contributed by atoms with Crippen molar-refractivity contribution in [3.05, 3.63) is 64.9 Å². The Morgan fingerprint density at radius 2 is 1.81 bits per heavy atom. The Labute approximate surface area is 175 Å². The van der Waals surface area contributed by atoms with E-state index in [2.05, 4.69) is 15.1 Å². The van der Waals surface area contributed by atoms with Crippen molar-refractivity contribution >= 4 is 10.9 Å². The van der Waals surface area contributed by atoms with Gasteiger partial charge in [-0.2, -0.15) is 36.6 Å². The number of alkyl halides is 6. The van der Waals surface area contributed by atoms with Crippen LogP contribution in [0.4, 0.5) is 26.3 Å².